The van der Waals surface area contributed by atoms with Crippen LogP contribution in [-0.2, 0) is 0 Å². The summed E-state index contributed by atoms with van der Waals surface area (Å²) in [5.74, 6) is -0.274. The Morgan fingerprint density at radius 3 is 1.57 bits per heavy atom. The lowest BCUT2D eigenvalue weighted by atomic mass is 10.0. The molecule has 0 unspecified atom stereocenters. The molecule has 0 aliphatic rings. The SMILES string of the molecule is Fc1cccc(-n2c3ccccc3c3c(N(c4cccc5c4oc4ccccc45)c4cccc5c4c4ccccc4n5-c4ccccc4)cccc32)c1. The summed E-state index contributed by atoms with van der Waals surface area (Å²) >= 11 is 0. The van der Waals surface area contributed by atoms with Gasteiger partial charge in [0, 0.05) is 43.7 Å². The van der Waals surface area contributed by atoms with Gasteiger partial charge in [-0.25, -0.2) is 4.39 Å². The van der Waals surface area contributed by atoms with Gasteiger partial charge in [-0.05, 0) is 78.9 Å². The third-order valence-corrected chi connectivity index (χ3v) is 10.5. The van der Waals surface area contributed by atoms with Gasteiger partial charge in [0.05, 0.1) is 39.1 Å². The maximum Gasteiger partial charge on any atom is 0.159 e. The Kier molecular flexibility index (Phi) is 6.40. The molecule has 3 aromatic heterocycles. The maximum absolute atomic E-state index is 14.8. The summed E-state index contributed by atoms with van der Waals surface area (Å²) in [6.07, 6.45) is 0. The molecule has 250 valence electrons. The zero-order chi connectivity index (χ0) is 35.0. The van der Waals surface area contributed by atoms with Crippen molar-refractivity contribution in [3.63, 3.8) is 0 Å². The second kappa shape index (κ2) is 11.5. The van der Waals surface area contributed by atoms with E-state index < -0.39 is 0 Å². The van der Waals surface area contributed by atoms with Crippen LogP contribution in [-0.4, -0.2) is 9.13 Å². The average Bonchev–Trinajstić information content (AvgIpc) is 3.87. The summed E-state index contributed by atoms with van der Waals surface area (Å²) < 4.78 is 26.1. The summed E-state index contributed by atoms with van der Waals surface area (Å²) in [5, 5.41) is 6.54. The molecular formula is C48H30FN3O. The fourth-order valence-corrected chi connectivity index (χ4v) is 8.42. The Balaban J connectivity index is 1.31. The molecule has 0 saturated carbocycles. The number of rotatable bonds is 5. The van der Waals surface area contributed by atoms with Gasteiger partial charge in [0.1, 0.15) is 11.4 Å². The van der Waals surface area contributed by atoms with Gasteiger partial charge >= 0.3 is 0 Å². The molecule has 0 aliphatic heterocycles. The van der Waals surface area contributed by atoms with Gasteiger partial charge in [0.25, 0.3) is 0 Å². The second-order valence-electron chi connectivity index (χ2n) is 13.5. The Morgan fingerprint density at radius 1 is 0.396 bits per heavy atom. The van der Waals surface area contributed by atoms with Crippen molar-refractivity contribution in [1.82, 2.24) is 9.13 Å². The lowest BCUT2D eigenvalue weighted by Gasteiger charge is -2.27. The van der Waals surface area contributed by atoms with E-state index in [9.17, 15) is 4.39 Å². The molecule has 0 N–H and O–H groups in total. The predicted octanol–water partition coefficient (Wildman–Crippen LogP) is 13.4. The molecule has 0 bridgehead atoms. The molecule has 0 atom stereocenters. The van der Waals surface area contributed by atoms with Crippen molar-refractivity contribution in [2.45, 2.75) is 0 Å². The number of furan rings is 1. The summed E-state index contributed by atoms with van der Waals surface area (Å²) in [5.41, 5.74) is 10.7. The molecule has 53 heavy (non-hydrogen) atoms. The monoisotopic (exact) mass is 683 g/mol. The lowest BCUT2D eigenvalue weighted by Crippen LogP contribution is -2.11. The highest BCUT2D eigenvalue weighted by Gasteiger charge is 2.27. The molecule has 0 fully saturated rings. The highest BCUT2D eigenvalue weighted by molar-refractivity contribution is 6.22. The molecule has 11 aromatic rings. The lowest BCUT2D eigenvalue weighted by molar-refractivity contribution is 0.627. The number of fused-ring (bicyclic) bond motifs is 9. The van der Waals surface area contributed by atoms with E-state index in [1.165, 1.54) is 6.07 Å². The van der Waals surface area contributed by atoms with Crippen LogP contribution in [0.3, 0.4) is 0 Å². The minimum Gasteiger partial charge on any atom is -0.454 e. The molecular weight excluding hydrogens is 654 g/mol. The van der Waals surface area contributed by atoms with Gasteiger partial charge in [-0.15, -0.1) is 0 Å². The molecule has 0 aliphatic carbocycles. The third-order valence-electron chi connectivity index (χ3n) is 10.5. The van der Waals surface area contributed by atoms with Crippen LogP contribution in [0.1, 0.15) is 0 Å². The molecule has 11 rings (SSSR count). The Morgan fingerprint density at radius 2 is 0.887 bits per heavy atom. The van der Waals surface area contributed by atoms with E-state index in [-0.39, 0.29) is 5.82 Å². The summed E-state index contributed by atoms with van der Waals surface area (Å²) in [4.78, 5) is 2.37. The van der Waals surface area contributed by atoms with E-state index in [1.807, 2.05) is 24.3 Å². The first-order chi connectivity index (χ1) is 26.2. The molecule has 8 aromatic carbocycles. The number of anilines is 3. The number of aromatic nitrogens is 2. The van der Waals surface area contributed by atoms with Crippen LogP contribution in [0.25, 0.3) is 76.9 Å². The van der Waals surface area contributed by atoms with Crippen molar-refractivity contribution in [2.75, 3.05) is 4.90 Å². The topological polar surface area (TPSA) is 26.2 Å². The Hall–Kier alpha value is -7.11. The summed E-state index contributed by atoms with van der Waals surface area (Å²) in [6, 6.07) is 62.1. The number of hydrogen-bond donors (Lipinski definition) is 0. The fourth-order valence-electron chi connectivity index (χ4n) is 8.42. The molecule has 4 nitrogen and oxygen atoms in total. The maximum atomic E-state index is 14.8. The average molecular weight is 684 g/mol. The van der Waals surface area contributed by atoms with Gasteiger partial charge in [0.2, 0.25) is 0 Å². The highest BCUT2D eigenvalue weighted by atomic mass is 19.1. The van der Waals surface area contributed by atoms with Crippen LogP contribution in [0, 0.1) is 5.82 Å². The number of para-hydroxylation sites is 5. The zero-order valence-corrected chi connectivity index (χ0v) is 28.4. The molecule has 0 saturated heterocycles. The van der Waals surface area contributed by atoms with Crippen LogP contribution >= 0.6 is 0 Å². The van der Waals surface area contributed by atoms with Crippen molar-refractivity contribution in [2.24, 2.45) is 0 Å². The van der Waals surface area contributed by atoms with E-state index in [0.29, 0.717) is 0 Å². The van der Waals surface area contributed by atoms with Crippen molar-refractivity contribution in [3.8, 4) is 11.4 Å². The number of halogens is 1. The van der Waals surface area contributed by atoms with Crippen molar-refractivity contribution in [3.05, 3.63) is 188 Å². The van der Waals surface area contributed by atoms with Crippen LogP contribution < -0.4 is 4.90 Å². The highest BCUT2D eigenvalue weighted by Crippen LogP contribution is 2.50. The quantitative estimate of drug-likeness (QED) is 0.180. The smallest absolute Gasteiger partial charge is 0.159 e. The fraction of sp³-hybridized carbons (Fsp3) is 0. The molecule has 0 amide bonds. The zero-order valence-electron chi connectivity index (χ0n) is 28.4. The van der Waals surface area contributed by atoms with E-state index in [2.05, 4.69) is 154 Å². The van der Waals surface area contributed by atoms with Crippen molar-refractivity contribution < 1.29 is 8.81 Å². The van der Waals surface area contributed by atoms with E-state index in [4.69, 9.17) is 4.42 Å². The number of nitrogens with zero attached hydrogens (tertiary/aromatic N) is 3. The first-order valence-electron chi connectivity index (χ1n) is 17.8. The van der Waals surface area contributed by atoms with Gasteiger partial charge in [-0.2, -0.15) is 0 Å². The third kappa shape index (κ3) is 4.34. The minimum atomic E-state index is -0.274. The normalized spacial score (nSPS) is 11.9. The number of hydrogen-bond acceptors (Lipinski definition) is 2. The summed E-state index contributed by atoms with van der Waals surface area (Å²) in [6.45, 7) is 0. The largest absolute Gasteiger partial charge is 0.454 e. The van der Waals surface area contributed by atoms with Crippen LogP contribution in [0.2, 0.25) is 0 Å². The molecule has 0 spiro atoms. The van der Waals surface area contributed by atoms with Crippen molar-refractivity contribution >= 4 is 82.6 Å². The van der Waals surface area contributed by atoms with Gasteiger partial charge in [-0.3, -0.25) is 0 Å². The van der Waals surface area contributed by atoms with Crippen molar-refractivity contribution in [1.29, 1.82) is 0 Å². The van der Waals surface area contributed by atoms with E-state index >= 15 is 0 Å². The van der Waals surface area contributed by atoms with Gasteiger partial charge in [0.15, 0.2) is 5.58 Å². The second-order valence-corrected chi connectivity index (χ2v) is 13.5. The molecule has 3 heterocycles. The van der Waals surface area contributed by atoms with Gasteiger partial charge in [-0.1, -0.05) is 103 Å². The molecule has 5 heteroatoms. The Labute approximate surface area is 303 Å². The van der Waals surface area contributed by atoms with Crippen LogP contribution in [0.15, 0.2) is 186 Å². The Bertz CT molecular complexity index is 3210. The first kappa shape index (κ1) is 29.6. The molecule has 0 radical (unpaired) electrons. The number of benzene rings is 8. The van der Waals surface area contributed by atoms with Crippen LogP contribution in [0.5, 0.6) is 0 Å². The van der Waals surface area contributed by atoms with E-state index in [1.54, 1.807) is 12.1 Å². The summed E-state index contributed by atoms with van der Waals surface area (Å²) in [7, 11) is 0. The first-order valence-corrected chi connectivity index (χ1v) is 17.8. The van der Waals surface area contributed by atoms with Crippen LogP contribution in [0.4, 0.5) is 21.5 Å². The predicted molar refractivity (Wildman–Crippen MR) is 217 cm³/mol. The van der Waals surface area contributed by atoms with Gasteiger partial charge < -0.3 is 18.5 Å². The standard InChI is InChI=1S/C48H30FN3O/c49-31-14-10-17-33(30-31)51-39-23-8-5-20-37(39)47-41(51)25-13-27-43(47)52(44-28-11-21-35-34-18-6-9-29-45(34)53-48(35)44)42-26-12-24-40-46(42)36-19-4-7-22-38(36)50(40)32-15-2-1-3-16-32/h1-30H. The van der Waals surface area contributed by atoms with E-state index in [0.717, 1.165) is 94.0 Å². The minimum absolute atomic E-state index is 0.274.